The molecule has 1 aromatic carbocycles. The van der Waals surface area contributed by atoms with Crippen LogP contribution >= 0.6 is 24.0 Å². The number of halogens is 1. The van der Waals surface area contributed by atoms with Gasteiger partial charge in [-0.15, -0.1) is 24.0 Å². The average Bonchev–Trinajstić information content (AvgIpc) is 3.17. The minimum absolute atomic E-state index is 0. The smallest absolute Gasteiger partial charge is 0.193 e. The molecular formula is C23H35IN6. The number of aromatic nitrogens is 2. The number of rotatable bonds is 5. The SMILES string of the molecule is CN=C(NCCn1cc(C)cn1)N1CCC2C(CCCN2Cc2ccccc2)C1.I. The highest BCUT2D eigenvalue weighted by Gasteiger charge is 2.36. The number of aliphatic imine (C=N–C) groups is 1. The Balaban J connectivity index is 0.00000256. The summed E-state index contributed by atoms with van der Waals surface area (Å²) in [5.41, 5.74) is 2.63. The van der Waals surface area contributed by atoms with Crippen LogP contribution in [-0.2, 0) is 13.1 Å². The van der Waals surface area contributed by atoms with E-state index in [1.54, 1.807) is 0 Å². The van der Waals surface area contributed by atoms with Crippen molar-refractivity contribution in [3.63, 3.8) is 0 Å². The minimum atomic E-state index is 0. The number of piperidine rings is 2. The lowest BCUT2D eigenvalue weighted by Crippen LogP contribution is -2.56. The van der Waals surface area contributed by atoms with Crippen LogP contribution in [0.2, 0.25) is 0 Å². The highest BCUT2D eigenvalue weighted by molar-refractivity contribution is 14.0. The van der Waals surface area contributed by atoms with Crippen molar-refractivity contribution >= 4 is 29.9 Å². The van der Waals surface area contributed by atoms with E-state index in [9.17, 15) is 0 Å². The first kappa shape index (κ1) is 23.1. The van der Waals surface area contributed by atoms with Crippen molar-refractivity contribution in [1.29, 1.82) is 0 Å². The molecule has 7 heteroatoms. The fraction of sp³-hybridized carbons (Fsp3) is 0.565. The van der Waals surface area contributed by atoms with E-state index in [0.29, 0.717) is 6.04 Å². The van der Waals surface area contributed by atoms with Gasteiger partial charge in [0.1, 0.15) is 0 Å². The van der Waals surface area contributed by atoms with Crippen LogP contribution in [0.4, 0.5) is 0 Å². The molecule has 1 N–H and O–H groups in total. The summed E-state index contributed by atoms with van der Waals surface area (Å²) in [6.07, 6.45) is 7.84. The number of hydrogen-bond donors (Lipinski definition) is 1. The van der Waals surface area contributed by atoms with Gasteiger partial charge in [-0.2, -0.15) is 5.10 Å². The summed E-state index contributed by atoms with van der Waals surface area (Å²) < 4.78 is 1.99. The lowest BCUT2D eigenvalue weighted by Gasteiger charge is -2.48. The number of likely N-dealkylation sites (tertiary alicyclic amines) is 2. The second-order valence-electron chi connectivity index (χ2n) is 8.42. The average molecular weight is 522 g/mol. The number of nitrogens with one attached hydrogen (secondary N) is 1. The van der Waals surface area contributed by atoms with Crippen LogP contribution in [0.5, 0.6) is 0 Å². The Morgan fingerprint density at radius 3 is 2.77 bits per heavy atom. The lowest BCUT2D eigenvalue weighted by atomic mass is 9.83. The van der Waals surface area contributed by atoms with Crippen molar-refractivity contribution in [2.75, 3.05) is 33.2 Å². The molecule has 2 atom stereocenters. The zero-order valence-electron chi connectivity index (χ0n) is 18.2. The largest absolute Gasteiger partial charge is 0.354 e. The Bertz CT molecular complexity index is 805. The number of fused-ring (bicyclic) bond motifs is 1. The summed E-state index contributed by atoms with van der Waals surface area (Å²) in [7, 11) is 1.90. The van der Waals surface area contributed by atoms with Gasteiger partial charge in [-0.1, -0.05) is 30.3 Å². The fourth-order valence-corrected chi connectivity index (χ4v) is 4.92. The molecule has 0 saturated carbocycles. The molecule has 3 heterocycles. The highest BCUT2D eigenvalue weighted by Crippen LogP contribution is 2.31. The number of hydrogen-bond acceptors (Lipinski definition) is 3. The van der Waals surface area contributed by atoms with Crippen LogP contribution in [0.15, 0.2) is 47.7 Å². The molecule has 4 rings (SSSR count). The molecule has 1 aromatic heterocycles. The van der Waals surface area contributed by atoms with Gasteiger partial charge in [0.05, 0.1) is 12.7 Å². The van der Waals surface area contributed by atoms with Gasteiger partial charge in [0.15, 0.2) is 5.96 Å². The molecular weight excluding hydrogens is 487 g/mol. The Kier molecular flexibility index (Phi) is 8.56. The first-order chi connectivity index (χ1) is 14.2. The Labute approximate surface area is 197 Å². The van der Waals surface area contributed by atoms with Gasteiger partial charge in [-0.3, -0.25) is 14.6 Å². The van der Waals surface area contributed by atoms with Gasteiger partial charge in [0.2, 0.25) is 0 Å². The lowest BCUT2D eigenvalue weighted by molar-refractivity contribution is 0.0372. The molecule has 0 spiro atoms. The molecule has 2 aromatic rings. The fourth-order valence-electron chi connectivity index (χ4n) is 4.92. The third kappa shape index (κ3) is 5.75. The maximum absolute atomic E-state index is 4.56. The third-order valence-corrected chi connectivity index (χ3v) is 6.31. The summed E-state index contributed by atoms with van der Waals surface area (Å²) in [6.45, 7) is 8.27. The number of guanidine groups is 1. The molecule has 30 heavy (non-hydrogen) atoms. The predicted octanol–water partition coefficient (Wildman–Crippen LogP) is 3.37. The van der Waals surface area contributed by atoms with Crippen LogP contribution in [0, 0.1) is 12.8 Å². The van der Waals surface area contributed by atoms with E-state index in [2.05, 4.69) is 68.7 Å². The van der Waals surface area contributed by atoms with Crippen molar-refractivity contribution in [2.24, 2.45) is 10.9 Å². The van der Waals surface area contributed by atoms with E-state index < -0.39 is 0 Å². The first-order valence-electron chi connectivity index (χ1n) is 11.0. The van der Waals surface area contributed by atoms with Crippen LogP contribution in [-0.4, -0.2) is 64.8 Å². The van der Waals surface area contributed by atoms with Crippen molar-refractivity contribution in [3.8, 4) is 0 Å². The standard InChI is InChI=1S/C23H34N6.HI/c1-19-15-26-29(16-19)14-11-25-23(24-2)28-13-10-22-21(18-28)9-6-12-27(22)17-20-7-4-3-5-8-20;/h3-5,7-8,15-16,21-22H,6,9-14,17-18H2,1-2H3,(H,24,25);1H. The van der Waals surface area contributed by atoms with Crippen LogP contribution in [0.25, 0.3) is 0 Å². The number of benzene rings is 1. The topological polar surface area (TPSA) is 48.7 Å². The Hall–Kier alpha value is -1.61. The highest BCUT2D eigenvalue weighted by atomic mass is 127. The van der Waals surface area contributed by atoms with Crippen LogP contribution in [0.3, 0.4) is 0 Å². The van der Waals surface area contributed by atoms with E-state index >= 15 is 0 Å². The molecule has 0 radical (unpaired) electrons. The van der Waals surface area contributed by atoms with Gasteiger partial charge < -0.3 is 10.2 Å². The molecule has 0 amide bonds. The monoisotopic (exact) mass is 522 g/mol. The second kappa shape index (κ2) is 11.1. The predicted molar refractivity (Wildman–Crippen MR) is 133 cm³/mol. The third-order valence-electron chi connectivity index (χ3n) is 6.31. The zero-order chi connectivity index (χ0) is 20.1. The molecule has 6 nitrogen and oxygen atoms in total. The van der Waals surface area contributed by atoms with Gasteiger partial charge >= 0.3 is 0 Å². The molecule has 0 bridgehead atoms. The van der Waals surface area contributed by atoms with Gasteiger partial charge in [-0.05, 0) is 49.8 Å². The van der Waals surface area contributed by atoms with Gasteiger partial charge in [-0.25, -0.2) is 0 Å². The Morgan fingerprint density at radius 1 is 1.20 bits per heavy atom. The van der Waals surface area contributed by atoms with Crippen LogP contribution < -0.4 is 5.32 Å². The molecule has 2 aliphatic heterocycles. The zero-order valence-corrected chi connectivity index (χ0v) is 20.5. The molecule has 2 unspecified atom stereocenters. The van der Waals surface area contributed by atoms with Crippen molar-refractivity contribution < 1.29 is 0 Å². The summed E-state index contributed by atoms with van der Waals surface area (Å²) in [6, 6.07) is 11.6. The van der Waals surface area contributed by atoms with E-state index in [1.807, 2.05) is 17.9 Å². The van der Waals surface area contributed by atoms with Crippen molar-refractivity contribution in [2.45, 2.75) is 45.3 Å². The Morgan fingerprint density at radius 2 is 2.03 bits per heavy atom. The molecule has 164 valence electrons. The summed E-state index contributed by atoms with van der Waals surface area (Å²) >= 11 is 0. The molecule has 0 aliphatic carbocycles. The maximum Gasteiger partial charge on any atom is 0.193 e. The minimum Gasteiger partial charge on any atom is -0.354 e. The van der Waals surface area contributed by atoms with Crippen LogP contribution in [0.1, 0.15) is 30.4 Å². The first-order valence-corrected chi connectivity index (χ1v) is 11.0. The van der Waals surface area contributed by atoms with E-state index in [-0.39, 0.29) is 24.0 Å². The van der Waals surface area contributed by atoms with Gasteiger partial charge in [0.25, 0.3) is 0 Å². The summed E-state index contributed by atoms with van der Waals surface area (Å²) in [4.78, 5) is 9.74. The van der Waals surface area contributed by atoms with Crippen molar-refractivity contribution in [3.05, 3.63) is 53.9 Å². The van der Waals surface area contributed by atoms with E-state index in [4.69, 9.17) is 0 Å². The maximum atomic E-state index is 4.56. The normalized spacial score (nSPS) is 22.3. The van der Waals surface area contributed by atoms with E-state index in [1.165, 1.54) is 36.9 Å². The summed E-state index contributed by atoms with van der Waals surface area (Å²) in [5, 5.41) is 7.91. The quantitative estimate of drug-likeness (QED) is 0.372. The van der Waals surface area contributed by atoms with Gasteiger partial charge in [0, 0.05) is 45.5 Å². The summed E-state index contributed by atoms with van der Waals surface area (Å²) in [5.74, 6) is 1.76. The second-order valence-corrected chi connectivity index (χ2v) is 8.42. The number of nitrogens with zero attached hydrogens (tertiary/aromatic N) is 5. The van der Waals surface area contributed by atoms with E-state index in [0.717, 1.165) is 44.6 Å². The number of aryl methyl sites for hydroxylation is 1. The molecule has 2 fully saturated rings. The molecule has 2 saturated heterocycles. The molecule has 2 aliphatic rings. The van der Waals surface area contributed by atoms with Crippen molar-refractivity contribution in [1.82, 2.24) is 24.9 Å².